The molecule has 0 aliphatic carbocycles. The maximum atomic E-state index is 13.3. The van der Waals surface area contributed by atoms with Gasteiger partial charge in [-0.3, -0.25) is 14.2 Å². The Balaban J connectivity index is 1.84. The molecule has 0 radical (unpaired) electrons. The Morgan fingerprint density at radius 3 is 2.69 bits per heavy atom. The van der Waals surface area contributed by atoms with Gasteiger partial charge in [0.1, 0.15) is 9.53 Å². The first-order valence-corrected chi connectivity index (χ1v) is 11.0. The van der Waals surface area contributed by atoms with E-state index in [9.17, 15) is 9.59 Å². The number of rotatable bonds is 6. The molecule has 6 nitrogen and oxygen atoms in total. The number of hydrogen-bond donors (Lipinski definition) is 1. The number of carbonyl (C=O) groups is 1. The van der Waals surface area contributed by atoms with Crippen LogP contribution in [0.15, 0.2) is 52.5 Å². The summed E-state index contributed by atoms with van der Waals surface area (Å²) in [6.45, 7) is 4.67. The molecule has 0 fully saturated rings. The zero-order valence-electron chi connectivity index (χ0n) is 16.1. The summed E-state index contributed by atoms with van der Waals surface area (Å²) in [5.41, 5.74) is 8.07. The first-order chi connectivity index (χ1) is 13.9. The Bertz CT molecular complexity index is 1260. The lowest BCUT2D eigenvalue weighted by Gasteiger charge is -2.12. The third-order valence-corrected chi connectivity index (χ3v) is 6.74. The van der Waals surface area contributed by atoms with Gasteiger partial charge in [-0.25, -0.2) is 9.97 Å². The molecule has 0 bridgehead atoms. The fourth-order valence-corrected chi connectivity index (χ4v) is 4.88. The van der Waals surface area contributed by atoms with Crippen LogP contribution in [0.25, 0.3) is 20.4 Å². The van der Waals surface area contributed by atoms with E-state index >= 15 is 0 Å². The summed E-state index contributed by atoms with van der Waals surface area (Å²) in [6, 6.07) is 12.0. The third kappa shape index (κ3) is 3.90. The van der Waals surface area contributed by atoms with Crippen molar-refractivity contribution in [3.63, 3.8) is 0 Å². The topological polar surface area (TPSA) is 90.9 Å². The van der Waals surface area contributed by atoms with Gasteiger partial charge < -0.3 is 5.73 Å². The van der Waals surface area contributed by atoms with Crippen molar-refractivity contribution in [2.45, 2.75) is 31.5 Å². The summed E-state index contributed by atoms with van der Waals surface area (Å²) in [6.07, 6.45) is 1.70. The minimum Gasteiger partial charge on any atom is -0.369 e. The van der Waals surface area contributed by atoms with Crippen molar-refractivity contribution in [3.8, 4) is 0 Å². The van der Waals surface area contributed by atoms with E-state index in [0.717, 1.165) is 15.8 Å². The molecule has 0 spiro atoms. The first-order valence-electron chi connectivity index (χ1n) is 9.22. The summed E-state index contributed by atoms with van der Waals surface area (Å²) in [5.74, 6) is 0.0522. The highest BCUT2D eigenvalue weighted by molar-refractivity contribution is 7.99. The summed E-state index contributed by atoms with van der Waals surface area (Å²) in [5, 5.41) is 1.33. The van der Waals surface area contributed by atoms with Crippen LogP contribution in [0.5, 0.6) is 0 Å². The Morgan fingerprint density at radius 1 is 1.24 bits per heavy atom. The van der Waals surface area contributed by atoms with Gasteiger partial charge >= 0.3 is 0 Å². The molecule has 2 N–H and O–H groups in total. The molecular weight excluding hydrogens is 404 g/mol. The third-order valence-electron chi connectivity index (χ3n) is 4.65. The second kappa shape index (κ2) is 7.96. The van der Waals surface area contributed by atoms with Crippen LogP contribution < -0.4 is 11.3 Å². The molecule has 3 heterocycles. The molecule has 0 unspecified atom stereocenters. The summed E-state index contributed by atoms with van der Waals surface area (Å²) >= 11 is 2.53. The molecule has 0 saturated heterocycles. The van der Waals surface area contributed by atoms with E-state index in [0.29, 0.717) is 27.8 Å². The molecule has 1 amide bonds. The van der Waals surface area contributed by atoms with Crippen molar-refractivity contribution in [2.75, 3.05) is 5.75 Å². The highest BCUT2D eigenvalue weighted by atomic mass is 32.2. The maximum absolute atomic E-state index is 13.3. The second-order valence-corrected chi connectivity index (χ2v) is 9.01. The van der Waals surface area contributed by atoms with Gasteiger partial charge in [-0.15, -0.1) is 11.3 Å². The van der Waals surface area contributed by atoms with Crippen molar-refractivity contribution >= 4 is 49.4 Å². The second-order valence-electron chi connectivity index (χ2n) is 7.07. The van der Waals surface area contributed by atoms with E-state index in [1.54, 1.807) is 10.8 Å². The lowest BCUT2D eigenvalue weighted by atomic mass is 10.0. The fourth-order valence-electron chi connectivity index (χ4n) is 3.12. The SMILES string of the molecule is CC(C)c1ccc(Cn2c(SCC(N)=O)nc3c(sc4ncccc43)c2=O)cc1. The minimum absolute atomic E-state index is 0.0601. The van der Waals surface area contributed by atoms with Crippen LogP contribution in [-0.2, 0) is 11.3 Å². The number of benzene rings is 1. The van der Waals surface area contributed by atoms with Gasteiger partial charge in [0.25, 0.3) is 5.56 Å². The molecule has 29 heavy (non-hydrogen) atoms. The quantitative estimate of drug-likeness (QED) is 0.376. The molecule has 0 aliphatic heterocycles. The molecule has 148 valence electrons. The van der Waals surface area contributed by atoms with Crippen LogP contribution in [0.1, 0.15) is 30.9 Å². The predicted octanol–water partition coefficient (Wildman–Crippen LogP) is 3.76. The number of nitrogens with zero attached hydrogens (tertiary/aromatic N) is 3. The van der Waals surface area contributed by atoms with Crippen LogP contribution in [0.3, 0.4) is 0 Å². The van der Waals surface area contributed by atoms with Crippen molar-refractivity contribution in [3.05, 3.63) is 64.1 Å². The molecule has 8 heteroatoms. The van der Waals surface area contributed by atoms with Crippen LogP contribution in [0.4, 0.5) is 0 Å². The van der Waals surface area contributed by atoms with E-state index in [2.05, 4.69) is 31.0 Å². The summed E-state index contributed by atoms with van der Waals surface area (Å²) in [7, 11) is 0. The first kappa shape index (κ1) is 19.6. The molecular formula is C21H20N4O2S2. The minimum atomic E-state index is -0.450. The monoisotopic (exact) mass is 424 g/mol. The van der Waals surface area contributed by atoms with Gasteiger partial charge in [0.05, 0.1) is 17.8 Å². The van der Waals surface area contributed by atoms with Gasteiger partial charge in [-0.05, 0) is 29.2 Å². The van der Waals surface area contributed by atoms with Crippen LogP contribution in [0, 0.1) is 0 Å². The maximum Gasteiger partial charge on any atom is 0.272 e. The zero-order chi connectivity index (χ0) is 20.5. The molecule has 3 aromatic heterocycles. The van der Waals surface area contributed by atoms with Gasteiger partial charge in [0, 0.05) is 11.6 Å². The average Bonchev–Trinajstić information content (AvgIpc) is 3.08. The van der Waals surface area contributed by atoms with E-state index in [4.69, 9.17) is 10.7 Å². The number of amides is 1. The highest BCUT2D eigenvalue weighted by Crippen LogP contribution is 2.30. The van der Waals surface area contributed by atoms with E-state index in [1.165, 1.54) is 28.7 Å². The number of aromatic nitrogens is 3. The number of thioether (sulfide) groups is 1. The Kier molecular flexibility index (Phi) is 5.38. The van der Waals surface area contributed by atoms with Crippen molar-refractivity contribution in [1.82, 2.24) is 14.5 Å². The van der Waals surface area contributed by atoms with Crippen LogP contribution >= 0.6 is 23.1 Å². The predicted molar refractivity (Wildman–Crippen MR) is 119 cm³/mol. The largest absolute Gasteiger partial charge is 0.369 e. The van der Waals surface area contributed by atoms with Gasteiger partial charge in [0.2, 0.25) is 5.91 Å². The molecule has 4 aromatic rings. The Morgan fingerprint density at radius 2 is 2.00 bits per heavy atom. The van der Waals surface area contributed by atoms with E-state index < -0.39 is 5.91 Å². The molecule has 4 rings (SSSR count). The molecule has 1 aromatic carbocycles. The van der Waals surface area contributed by atoms with Gasteiger partial charge in [-0.1, -0.05) is 49.9 Å². The standard InChI is InChI=1S/C21H20N4O2S2/c1-12(2)14-7-5-13(6-8-14)10-25-20(27)18-17(24-21(25)28-11-16(22)26)15-4-3-9-23-19(15)29-18/h3-9,12H,10-11H2,1-2H3,(H2,22,26). The lowest BCUT2D eigenvalue weighted by Crippen LogP contribution is -2.24. The fraction of sp³-hybridized carbons (Fsp3) is 0.238. The Labute approximate surface area is 175 Å². The molecule has 0 aliphatic rings. The number of fused-ring (bicyclic) bond motifs is 3. The molecule has 0 saturated carbocycles. The van der Waals surface area contributed by atoms with Crippen molar-refractivity contribution in [2.24, 2.45) is 5.73 Å². The smallest absolute Gasteiger partial charge is 0.272 e. The van der Waals surface area contributed by atoms with Gasteiger partial charge in [0.15, 0.2) is 5.16 Å². The normalized spacial score (nSPS) is 11.6. The number of thiophene rings is 1. The summed E-state index contributed by atoms with van der Waals surface area (Å²) < 4.78 is 2.19. The van der Waals surface area contributed by atoms with Crippen molar-refractivity contribution in [1.29, 1.82) is 0 Å². The lowest BCUT2D eigenvalue weighted by molar-refractivity contribution is -0.115. The number of pyridine rings is 1. The van der Waals surface area contributed by atoms with E-state index in [-0.39, 0.29) is 11.3 Å². The zero-order valence-corrected chi connectivity index (χ0v) is 17.7. The number of primary amides is 1. The Hall–Kier alpha value is -2.71. The highest BCUT2D eigenvalue weighted by Gasteiger charge is 2.17. The van der Waals surface area contributed by atoms with Crippen LogP contribution in [0.2, 0.25) is 0 Å². The molecule has 0 atom stereocenters. The van der Waals surface area contributed by atoms with Gasteiger partial charge in [-0.2, -0.15) is 0 Å². The van der Waals surface area contributed by atoms with Crippen LogP contribution in [-0.4, -0.2) is 26.2 Å². The van der Waals surface area contributed by atoms with Crippen molar-refractivity contribution < 1.29 is 4.79 Å². The summed E-state index contributed by atoms with van der Waals surface area (Å²) in [4.78, 5) is 34.5. The van der Waals surface area contributed by atoms with E-state index in [1.807, 2.05) is 24.3 Å². The number of carbonyl (C=O) groups excluding carboxylic acids is 1. The number of hydrogen-bond acceptors (Lipinski definition) is 6. The number of nitrogens with two attached hydrogens (primary N) is 1. The average molecular weight is 425 g/mol.